The number of thiocarbonyl (C=S) groups is 1. The van der Waals surface area contributed by atoms with E-state index in [1.807, 2.05) is 18.2 Å². The van der Waals surface area contributed by atoms with Gasteiger partial charge < -0.3 is 10.6 Å². The minimum absolute atomic E-state index is 0.552. The van der Waals surface area contributed by atoms with Crippen molar-refractivity contribution in [3.63, 3.8) is 0 Å². The van der Waals surface area contributed by atoms with Gasteiger partial charge in [-0.1, -0.05) is 27.5 Å². The van der Waals surface area contributed by atoms with Crippen LogP contribution in [-0.2, 0) is 0 Å². The molecule has 1 saturated carbocycles. The van der Waals surface area contributed by atoms with E-state index in [0.717, 1.165) is 10.2 Å². The summed E-state index contributed by atoms with van der Waals surface area (Å²) in [6.07, 6.45) is 2.40. The van der Waals surface area contributed by atoms with Gasteiger partial charge in [0.25, 0.3) is 0 Å². The van der Waals surface area contributed by atoms with Crippen LogP contribution in [0.15, 0.2) is 22.7 Å². The van der Waals surface area contributed by atoms with E-state index in [2.05, 4.69) is 26.6 Å². The smallest absolute Gasteiger partial charge is 0.171 e. The Morgan fingerprint density at radius 3 is 2.87 bits per heavy atom. The third-order valence-corrected chi connectivity index (χ3v) is 3.13. The Hall–Kier alpha value is -0.320. The lowest BCUT2D eigenvalue weighted by atomic mass is 10.3. The van der Waals surface area contributed by atoms with Gasteiger partial charge in [0.1, 0.15) is 0 Å². The van der Waals surface area contributed by atoms with Crippen LogP contribution >= 0.6 is 39.7 Å². The van der Waals surface area contributed by atoms with Gasteiger partial charge in [-0.3, -0.25) is 0 Å². The van der Waals surface area contributed by atoms with E-state index in [1.54, 1.807) is 0 Å². The van der Waals surface area contributed by atoms with E-state index in [0.29, 0.717) is 16.2 Å². The Kier molecular flexibility index (Phi) is 3.49. The Bertz CT molecular complexity index is 393. The van der Waals surface area contributed by atoms with Crippen molar-refractivity contribution in [1.29, 1.82) is 0 Å². The van der Waals surface area contributed by atoms with E-state index in [4.69, 9.17) is 23.8 Å². The lowest BCUT2D eigenvalue weighted by Crippen LogP contribution is -2.30. The lowest BCUT2D eigenvalue weighted by molar-refractivity contribution is 0.919. The standard InChI is InChI=1S/C10H10BrClN2S/c11-6-1-4-8(12)9(5-6)14-10(15)13-7-2-3-7/h1,4-5,7H,2-3H2,(H2,13,14,15). The first-order chi connectivity index (χ1) is 7.15. The summed E-state index contributed by atoms with van der Waals surface area (Å²) in [6.45, 7) is 0. The van der Waals surface area contributed by atoms with Crippen molar-refractivity contribution in [3.8, 4) is 0 Å². The Balaban J connectivity index is 2.01. The molecule has 1 aromatic rings. The maximum atomic E-state index is 6.02. The highest BCUT2D eigenvalue weighted by Gasteiger charge is 2.21. The van der Waals surface area contributed by atoms with Gasteiger partial charge in [0.05, 0.1) is 10.7 Å². The normalized spacial score (nSPS) is 14.8. The summed E-state index contributed by atoms with van der Waals surface area (Å²) in [5.74, 6) is 0. The number of hydrogen-bond acceptors (Lipinski definition) is 1. The van der Waals surface area contributed by atoms with E-state index in [9.17, 15) is 0 Å². The Morgan fingerprint density at radius 2 is 2.20 bits per heavy atom. The predicted molar refractivity (Wildman–Crippen MR) is 71.5 cm³/mol. The van der Waals surface area contributed by atoms with Gasteiger partial charge in [-0.15, -0.1) is 0 Å². The lowest BCUT2D eigenvalue weighted by Gasteiger charge is -2.11. The van der Waals surface area contributed by atoms with Crippen LogP contribution in [0.4, 0.5) is 5.69 Å². The highest BCUT2D eigenvalue weighted by Crippen LogP contribution is 2.26. The number of hydrogen-bond donors (Lipinski definition) is 2. The second kappa shape index (κ2) is 4.68. The molecule has 1 fully saturated rings. The number of anilines is 1. The van der Waals surface area contributed by atoms with Crippen LogP contribution in [0.3, 0.4) is 0 Å². The fourth-order valence-electron chi connectivity index (χ4n) is 1.16. The van der Waals surface area contributed by atoms with Crippen LogP contribution in [0.25, 0.3) is 0 Å². The summed E-state index contributed by atoms with van der Waals surface area (Å²) in [7, 11) is 0. The molecule has 0 aliphatic heterocycles. The van der Waals surface area contributed by atoms with Gasteiger partial charge in [0.15, 0.2) is 5.11 Å². The largest absolute Gasteiger partial charge is 0.360 e. The molecule has 0 spiro atoms. The second-order valence-corrected chi connectivity index (χ2v) is 5.23. The third kappa shape index (κ3) is 3.33. The first kappa shape index (κ1) is 11.2. The van der Waals surface area contributed by atoms with Crippen LogP contribution < -0.4 is 10.6 Å². The van der Waals surface area contributed by atoms with Crippen molar-refractivity contribution in [2.75, 3.05) is 5.32 Å². The molecule has 2 rings (SSSR count). The van der Waals surface area contributed by atoms with Crippen molar-refractivity contribution >= 4 is 50.5 Å². The van der Waals surface area contributed by atoms with Crippen molar-refractivity contribution in [3.05, 3.63) is 27.7 Å². The number of halogens is 2. The topological polar surface area (TPSA) is 24.1 Å². The molecule has 0 unspecified atom stereocenters. The molecule has 1 aromatic carbocycles. The molecule has 0 bridgehead atoms. The molecular weight excluding hydrogens is 296 g/mol. The SMILES string of the molecule is S=C(Nc1cc(Br)ccc1Cl)NC1CC1. The molecule has 2 nitrogen and oxygen atoms in total. The van der Waals surface area contributed by atoms with E-state index in [1.165, 1.54) is 12.8 Å². The second-order valence-electron chi connectivity index (χ2n) is 3.50. The quantitative estimate of drug-likeness (QED) is 0.817. The van der Waals surface area contributed by atoms with Crippen LogP contribution in [0.2, 0.25) is 5.02 Å². The van der Waals surface area contributed by atoms with Crippen LogP contribution in [0.5, 0.6) is 0 Å². The van der Waals surface area contributed by atoms with Crippen LogP contribution in [0, 0.1) is 0 Å². The first-order valence-corrected chi connectivity index (χ1v) is 6.25. The zero-order valence-electron chi connectivity index (χ0n) is 7.89. The fourth-order valence-corrected chi connectivity index (χ4v) is 1.97. The number of rotatable bonds is 2. The van der Waals surface area contributed by atoms with Crippen molar-refractivity contribution in [1.82, 2.24) is 5.32 Å². The van der Waals surface area contributed by atoms with Gasteiger partial charge in [0.2, 0.25) is 0 Å². The average Bonchev–Trinajstić information content (AvgIpc) is 2.95. The predicted octanol–water partition coefficient (Wildman–Crippen LogP) is 3.55. The summed E-state index contributed by atoms with van der Waals surface area (Å²) in [5, 5.41) is 7.58. The van der Waals surface area contributed by atoms with Crippen molar-refractivity contribution in [2.45, 2.75) is 18.9 Å². The van der Waals surface area contributed by atoms with Gasteiger partial charge in [-0.05, 0) is 43.3 Å². The monoisotopic (exact) mass is 304 g/mol. The molecule has 1 aliphatic carbocycles. The Labute approximate surface area is 108 Å². The zero-order valence-corrected chi connectivity index (χ0v) is 11.0. The highest BCUT2D eigenvalue weighted by molar-refractivity contribution is 9.10. The van der Waals surface area contributed by atoms with E-state index < -0.39 is 0 Å². The van der Waals surface area contributed by atoms with Gasteiger partial charge in [-0.25, -0.2) is 0 Å². The summed E-state index contributed by atoms with van der Waals surface area (Å²) < 4.78 is 0.976. The molecule has 0 heterocycles. The van der Waals surface area contributed by atoms with E-state index in [-0.39, 0.29) is 0 Å². The molecular formula is C10H10BrClN2S. The van der Waals surface area contributed by atoms with Crippen LogP contribution in [-0.4, -0.2) is 11.2 Å². The fraction of sp³-hybridized carbons (Fsp3) is 0.300. The first-order valence-electron chi connectivity index (χ1n) is 4.68. The molecule has 2 N–H and O–H groups in total. The molecule has 0 aromatic heterocycles. The average molecular weight is 306 g/mol. The minimum atomic E-state index is 0.552. The zero-order chi connectivity index (χ0) is 10.8. The minimum Gasteiger partial charge on any atom is -0.360 e. The van der Waals surface area contributed by atoms with Crippen molar-refractivity contribution in [2.24, 2.45) is 0 Å². The molecule has 15 heavy (non-hydrogen) atoms. The molecule has 0 saturated heterocycles. The molecule has 0 radical (unpaired) electrons. The molecule has 0 amide bonds. The van der Waals surface area contributed by atoms with E-state index >= 15 is 0 Å². The summed E-state index contributed by atoms with van der Waals surface area (Å²) in [6, 6.07) is 6.18. The molecule has 0 atom stereocenters. The van der Waals surface area contributed by atoms with Crippen molar-refractivity contribution < 1.29 is 0 Å². The van der Waals surface area contributed by atoms with Gasteiger partial charge in [0, 0.05) is 10.5 Å². The summed E-state index contributed by atoms with van der Waals surface area (Å²) in [5.41, 5.74) is 0.823. The van der Waals surface area contributed by atoms with Gasteiger partial charge in [-0.2, -0.15) is 0 Å². The maximum absolute atomic E-state index is 6.02. The molecule has 1 aliphatic rings. The molecule has 5 heteroatoms. The maximum Gasteiger partial charge on any atom is 0.171 e. The summed E-state index contributed by atoms with van der Waals surface area (Å²) in [4.78, 5) is 0. The molecule has 80 valence electrons. The highest BCUT2D eigenvalue weighted by atomic mass is 79.9. The third-order valence-electron chi connectivity index (χ3n) is 2.09. The van der Waals surface area contributed by atoms with Crippen LogP contribution in [0.1, 0.15) is 12.8 Å². The van der Waals surface area contributed by atoms with Gasteiger partial charge >= 0.3 is 0 Å². The number of nitrogens with one attached hydrogen (secondary N) is 2. The summed E-state index contributed by atoms with van der Waals surface area (Å²) >= 11 is 14.6. The Morgan fingerprint density at radius 1 is 1.47 bits per heavy atom. The number of benzene rings is 1.